The van der Waals surface area contributed by atoms with Crippen molar-refractivity contribution in [2.45, 2.75) is 29.4 Å². The molecule has 0 spiro atoms. The van der Waals surface area contributed by atoms with Crippen LogP contribution in [0.3, 0.4) is 0 Å². The molecule has 3 N–H and O–H groups in total. The minimum Gasteiger partial charge on any atom is -0.382 e. The lowest BCUT2D eigenvalue weighted by Crippen LogP contribution is -2.46. The van der Waals surface area contributed by atoms with Crippen molar-refractivity contribution in [3.8, 4) is 0 Å². The Labute approximate surface area is 129 Å². The summed E-state index contributed by atoms with van der Waals surface area (Å²) in [5, 5.41) is 11.0. The Kier molecular flexibility index (Phi) is 3.76. The SMILES string of the molecule is N[C@H]1Cc2cccnc2[C@](O)(CS(=O)(=O)c2ccccc2)C1. The monoisotopic (exact) mass is 318 g/mol. The lowest BCUT2D eigenvalue weighted by molar-refractivity contribution is 0.0315. The third kappa shape index (κ3) is 2.77. The van der Waals surface area contributed by atoms with Crippen LogP contribution in [0.5, 0.6) is 0 Å². The van der Waals surface area contributed by atoms with Crippen LogP contribution in [0, 0.1) is 0 Å². The smallest absolute Gasteiger partial charge is 0.181 e. The summed E-state index contributed by atoms with van der Waals surface area (Å²) in [6.45, 7) is 0. The molecular weight excluding hydrogens is 300 g/mol. The fourth-order valence-corrected chi connectivity index (χ4v) is 4.68. The number of benzene rings is 1. The van der Waals surface area contributed by atoms with E-state index in [0.29, 0.717) is 12.1 Å². The molecule has 0 fully saturated rings. The quantitative estimate of drug-likeness (QED) is 0.881. The molecule has 0 radical (unpaired) electrons. The molecule has 22 heavy (non-hydrogen) atoms. The van der Waals surface area contributed by atoms with E-state index in [1.54, 1.807) is 30.5 Å². The second kappa shape index (κ2) is 5.46. The van der Waals surface area contributed by atoms with Crippen LogP contribution in [0.1, 0.15) is 17.7 Å². The van der Waals surface area contributed by atoms with Crippen LogP contribution in [0.25, 0.3) is 0 Å². The van der Waals surface area contributed by atoms with Gasteiger partial charge in [0.1, 0.15) is 5.60 Å². The molecule has 6 heteroatoms. The maximum atomic E-state index is 12.6. The fourth-order valence-electron chi connectivity index (χ4n) is 3.06. The number of rotatable bonds is 3. The summed E-state index contributed by atoms with van der Waals surface area (Å²) in [5.41, 5.74) is 5.69. The van der Waals surface area contributed by atoms with Crippen LogP contribution in [-0.2, 0) is 21.9 Å². The number of hydrogen-bond donors (Lipinski definition) is 2. The first-order valence-electron chi connectivity index (χ1n) is 7.11. The van der Waals surface area contributed by atoms with Crippen molar-refractivity contribution in [2.75, 3.05) is 5.75 Å². The third-order valence-electron chi connectivity index (χ3n) is 3.95. The highest BCUT2D eigenvalue weighted by atomic mass is 32.2. The zero-order valence-corrected chi connectivity index (χ0v) is 12.8. The van der Waals surface area contributed by atoms with Crippen LogP contribution in [0.2, 0.25) is 0 Å². The highest BCUT2D eigenvalue weighted by molar-refractivity contribution is 7.91. The van der Waals surface area contributed by atoms with Gasteiger partial charge in [0.15, 0.2) is 9.84 Å². The Morgan fingerprint density at radius 1 is 1.23 bits per heavy atom. The van der Waals surface area contributed by atoms with Crippen molar-refractivity contribution < 1.29 is 13.5 Å². The number of nitrogens with zero attached hydrogens (tertiary/aromatic N) is 1. The predicted molar refractivity (Wildman–Crippen MR) is 82.9 cm³/mol. The van der Waals surface area contributed by atoms with Gasteiger partial charge in [-0.2, -0.15) is 0 Å². The van der Waals surface area contributed by atoms with Gasteiger partial charge in [-0.25, -0.2) is 8.42 Å². The molecule has 0 bridgehead atoms. The number of fused-ring (bicyclic) bond motifs is 1. The van der Waals surface area contributed by atoms with Gasteiger partial charge in [-0.15, -0.1) is 0 Å². The van der Waals surface area contributed by atoms with Gasteiger partial charge >= 0.3 is 0 Å². The van der Waals surface area contributed by atoms with Crippen molar-refractivity contribution in [1.82, 2.24) is 4.98 Å². The number of sulfone groups is 1. The van der Waals surface area contributed by atoms with Crippen LogP contribution >= 0.6 is 0 Å². The third-order valence-corrected chi connectivity index (χ3v) is 5.79. The molecule has 1 aromatic heterocycles. The van der Waals surface area contributed by atoms with Crippen molar-refractivity contribution in [3.05, 3.63) is 59.9 Å². The van der Waals surface area contributed by atoms with Crippen LogP contribution in [-0.4, -0.2) is 30.3 Å². The molecule has 1 aromatic carbocycles. The summed E-state index contributed by atoms with van der Waals surface area (Å²) < 4.78 is 25.2. The van der Waals surface area contributed by atoms with Gasteiger partial charge in [-0.05, 0) is 36.6 Å². The van der Waals surface area contributed by atoms with E-state index in [4.69, 9.17) is 5.73 Å². The summed E-state index contributed by atoms with van der Waals surface area (Å²) in [4.78, 5) is 4.41. The fraction of sp³-hybridized carbons (Fsp3) is 0.312. The average molecular weight is 318 g/mol. The van der Waals surface area contributed by atoms with Gasteiger partial charge in [0, 0.05) is 12.2 Å². The largest absolute Gasteiger partial charge is 0.382 e. The topological polar surface area (TPSA) is 93.3 Å². The Bertz CT molecular complexity index is 777. The molecule has 1 aliphatic rings. The molecule has 1 aliphatic carbocycles. The molecule has 0 saturated carbocycles. The number of aromatic nitrogens is 1. The van der Waals surface area contributed by atoms with Crippen LogP contribution < -0.4 is 5.73 Å². The lowest BCUT2D eigenvalue weighted by Gasteiger charge is -2.36. The van der Waals surface area contributed by atoms with Gasteiger partial charge in [0.25, 0.3) is 0 Å². The molecule has 2 aromatic rings. The number of hydrogen-bond acceptors (Lipinski definition) is 5. The number of pyridine rings is 1. The summed E-state index contributed by atoms with van der Waals surface area (Å²) in [6, 6.07) is 11.5. The van der Waals surface area contributed by atoms with Crippen molar-refractivity contribution in [2.24, 2.45) is 5.73 Å². The van der Waals surface area contributed by atoms with E-state index >= 15 is 0 Å². The van der Waals surface area contributed by atoms with Gasteiger partial charge in [-0.3, -0.25) is 4.98 Å². The van der Waals surface area contributed by atoms with E-state index in [2.05, 4.69) is 4.98 Å². The van der Waals surface area contributed by atoms with E-state index in [0.717, 1.165) is 5.56 Å². The summed E-state index contributed by atoms with van der Waals surface area (Å²) in [6.07, 6.45) is 2.34. The lowest BCUT2D eigenvalue weighted by atomic mass is 9.81. The normalized spacial score (nSPS) is 24.7. The van der Waals surface area contributed by atoms with Gasteiger partial charge in [0.2, 0.25) is 0 Å². The predicted octanol–water partition coefficient (Wildman–Crippen LogP) is 1.02. The molecule has 1 heterocycles. The first-order chi connectivity index (χ1) is 10.4. The molecule has 2 atom stereocenters. The Hall–Kier alpha value is -1.76. The zero-order chi connectivity index (χ0) is 15.8. The van der Waals surface area contributed by atoms with E-state index < -0.39 is 21.2 Å². The van der Waals surface area contributed by atoms with Crippen LogP contribution in [0.4, 0.5) is 0 Å². The average Bonchev–Trinajstić information content (AvgIpc) is 2.47. The molecular formula is C16H18N2O3S. The van der Waals surface area contributed by atoms with Crippen molar-refractivity contribution in [1.29, 1.82) is 0 Å². The second-order valence-corrected chi connectivity index (χ2v) is 7.77. The van der Waals surface area contributed by atoms with E-state index in [-0.39, 0.29) is 17.4 Å². The molecule has 0 unspecified atom stereocenters. The molecule has 5 nitrogen and oxygen atoms in total. The van der Waals surface area contributed by atoms with E-state index in [1.807, 2.05) is 6.07 Å². The second-order valence-electron chi connectivity index (χ2n) is 5.78. The maximum Gasteiger partial charge on any atom is 0.181 e. The molecule has 0 aliphatic heterocycles. The summed E-state index contributed by atoms with van der Waals surface area (Å²) in [7, 11) is -3.63. The Morgan fingerprint density at radius 3 is 2.68 bits per heavy atom. The highest BCUT2D eigenvalue weighted by Crippen LogP contribution is 2.35. The van der Waals surface area contributed by atoms with Gasteiger partial charge in [-0.1, -0.05) is 24.3 Å². The minimum atomic E-state index is -3.63. The maximum absolute atomic E-state index is 12.6. The first-order valence-corrected chi connectivity index (χ1v) is 8.76. The number of aliphatic hydroxyl groups is 1. The standard InChI is InChI=1S/C16H18N2O3S/c17-13-9-12-5-4-8-18-15(12)16(19,10-13)11-22(20,21)14-6-2-1-3-7-14/h1-8,13,19H,9-11,17H2/t13-,16+/m0/s1. The van der Waals surface area contributed by atoms with Gasteiger partial charge in [0.05, 0.1) is 16.3 Å². The molecule has 0 amide bonds. The zero-order valence-electron chi connectivity index (χ0n) is 12.0. The Balaban J connectivity index is 2.01. The Morgan fingerprint density at radius 2 is 1.95 bits per heavy atom. The van der Waals surface area contributed by atoms with Crippen molar-refractivity contribution in [3.63, 3.8) is 0 Å². The summed E-state index contributed by atoms with van der Waals surface area (Å²) >= 11 is 0. The van der Waals surface area contributed by atoms with Crippen molar-refractivity contribution >= 4 is 9.84 Å². The highest BCUT2D eigenvalue weighted by Gasteiger charge is 2.42. The summed E-state index contributed by atoms with van der Waals surface area (Å²) in [5.74, 6) is -0.415. The molecule has 0 saturated heterocycles. The van der Waals surface area contributed by atoms with Crippen LogP contribution in [0.15, 0.2) is 53.6 Å². The molecule has 3 rings (SSSR count). The van der Waals surface area contributed by atoms with E-state index in [1.165, 1.54) is 12.1 Å². The minimum absolute atomic E-state index is 0.184. The number of nitrogens with two attached hydrogens (primary N) is 1. The first kappa shape index (κ1) is 15.1. The van der Waals surface area contributed by atoms with E-state index in [9.17, 15) is 13.5 Å². The molecule has 116 valence electrons. The van der Waals surface area contributed by atoms with Gasteiger partial charge < -0.3 is 10.8 Å².